The zero-order valence-electron chi connectivity index (χ0n) is 15.6. The Kier molecular flexibility index (Phi) is 5.87. The maximum absolute atomic E-state index is 8.98. The van der Waals surface area contributed by atoms with Crippen LogP contribution in [0.3, 0.4) is 0 Å². The maximum atomic E-state index is 8.98. The SMILES string of the molecule is CCc1ccccc1Nc1nc(N)nc(COc2ccc(C#N)cc2OC)n1. The molecule has 0 fully saturated rings. The molecule has 1 aromatic heterocycles. The van der Waals surface area contributed by atoms with E-state index in [1.165, 1.54) is 7.11 Å². The molecule has 0 aliphatic carbocycles. The molecule has 142 valence electrons. The normalized spacial score (nSPS) is 10.2. The van der Waals surface area contributed by atoms with E-state index in [4.69, 9.17) is 20.5 Å². The Morgan fingerprint density at radius 3 is 2.68 bits per heavy atom. The third-order valence-corrected chi connectivity index (χ3v) is 3.99. The Labute approximate surface area is 163 Å². The van der Waals surface area contributed by atoms with Crippen LogP contribution in [0.25, 0.3) is 0 Å². The quantitative estimate of drug-likeness (QED) is 0.645. The number of hydrogen-bond acceptors (Lipinski definition) is 8. The molecule has 0 bridgehead atoms. The summed E-state index contributed by atoms with van der Waals surface area (Å²) in [6.07, 6.45) is 0.873. The molecule has 2 aromatic carbocycles. The van der Waals surface area contributed by atoms with E-state index in [0.717, 1.165) is 17.7 Å². The molecule has 0 saturated heterocycles. The van der Waals surface area contributed by atoms with E-state index in [1.54, 1.807) is 18.2 Å². The maximum Gasteiger partial charge on any atom is 0.232 e. The Balaban J connectivity index is 1.78. The molecule has 3 aromatic rings. The monoisotopic (exact) mass is 376 g/mol. The lowest BCUT2D eigenvalue weighted by molar-refractivity contribution is 0.276. The minimum Gasteiger partial charge on any atom is -0.493 e. The highest BCUT2D eigenvalue weighted by Gasteiger charge is 2.10. The van der Waals surface area contributed by atoms with Crippen LogP contribution in [0.5, 0.6) is 11.5 Å². The van der Waals surface area contributed by atoms with Gasteiger partial charge in [0.05, 0.1) is 18.7 Å². The summed E-state index contributed by atoms with van der Waals surface area (Å²) < 4.78 is 11.0. The van der Waals surface area contributed by atoms with E-state index in [0.29, 0.717) is 28.8 Å². The number of benzene rings is 2. The molecular formula is C20H20N6O2. The first-order valence-corrected chi connectivity index (χ1v) is 8.69. The highest BCUT2D eigenvalue weighted by Crippen LogP contribution is 2.28. The van der Waals surface area contributed by atoms with Crippen molar-refractivity contribution in [3.05, 3.63) is 59.4 Å². The van der Waals surface area contributed by atoms with E-state index < -0.39 is 0 Å². The largest absolute Gasteiger partial charge is 0.493 e. The summed E-state index contributed by atoms with van der Waals surface area (Å²) in [5, 5.41) is 12.2. The molecule has 8 heteroatoms. The second-order valence-electron chi connectivity index (χ2n) is 5.84. The van der Waals surface area contributed by atoms with Crippen molar-refractivity contribution >= 4 is 17.6 Å². The van der Waals surface area contributed by atoms with Crippen molar-refractivity contribution in [2.75, 3.05) is 18.2 Å². The summed E-state index contributed by atoms with van der Waals surface area (Å²) in [4.78, 5) is 12.6. The molecule has 0 atom stereocenters. The van der Waals surface area contributed by atoms with E-state index in [2.05, 4.69) is 33.3 Å². The molecule has 0 unspecified atom stereocenters. The number of anilines is 3. The van der Waals surface area contributed by atoms with Gasteiger partial charge in [-0.3, -0.25) is 0 Å². The van der Waals surface area contributed by atoms with Gasteiger partial charge < -0.3 is 20.5 Å². The lowest BCUT2D eigenvalue weighted by Gasteiger charge is -2.12. The topological polar surface area (TPSA) is 119 Å². The van der Waals surface area contributed by atoms with Crippen LogP contribution in [0.15, 0.2) is 42.5 Å². The number of rotatable bonds is 7. The average Bonchev–Trinajstić information content (AvgIpc) is 2.72. The van der Waals surface area contributed by atoms with Crippen molar-refractivity contribution in [1.29, 1.82) is 5.26 Å². The molecule has 0 radical (unpaired) electrons. The van der Waals surface area contributed by atoms with Gasteiger partial charge in [0.2, 0.25) is 11.9 Å². The van der Waals surface area contributed by atoms with Gasteiger partial charge in [-0.15, -0.1) is 0 Å². The molecule has 28 heavy (non-hydrogen) atoms. The number of methoxy groups -OCH3 is 1. The van der Waals surface area contributed by atoms with Crippen LogP contribution >= 0.6 is 0 Å². The van der Waals surface area contributed by atoms with E-state index >= 15 is 0 Å². The average molecular weight is 376 g/mol. The Bertz CT molecular complexity index is 1020. The van der Waals surface area contributed by atoms with Gasteiger partial charge in [0.1, 0.15) is 6.61 Å². The zero-order chi connectivity index (χ0) is 19.9. The van der Waals surface area contributed by atoms with Gasteiger partial charge in [0, 0.05) is 11.8 Å². The molecule has 1 heterocycles. The summed E-state index contributed by atoms with van der Waals surface area (Å²) in [5.41, 5.74) is 8.36. The number of hydrogen-bond donors (Lipinski definition) is 2. The third kappa shape index (κ3) is 4.45. The number of aryl methyl sites for hydroxylation is 1. The standard InChI is InChI=1S/C20H20N6O2/c1-3-14-6-4-5-7-15(14)23-20-25-18(24-19(22)26-20)12-28-16-9-8-13(11-21)10-17(16)27-2/h4-10H,3,12H2,1-2H3,(H3,22,23,24,25,26). The number of nitrogen functional groups attached to an aromatic ring is 1. The number of para-hydroxylation sites is 1. The lowest BCUT2D eigenvalue weighted by atomic mass is 10.1. The summed E-state index contributed by atoms with van der Waals surface area (Å²) >= 11 is 0. The molecule has 3 rings (SSSR count). The van der Waals surface area contributed by atoms with Gasteiger partial charge in [-0.1, -0.05) is 25.1 Å². The zero-order valence-corrected chi connectivity index (χ0v) is 15.6. The first-order chi connectivity index (χ1) is 13.6. The van der Waals surface area contributed by atoms with Gasteiger partial charge in [-0.25, -0.2) is 0 Å². The fraction of sp³-hybridized carbons (Fsp3) is 0.200. The second-order valence-corrected chi connectivity index (χ2v) is 5.84. The highest BCUT2D eigenvalue weighted by atomic mass is 16.5. The molecule has 0 aliphatic rings. The van der Waals surface area contributed by atoms with Crippen LogP contribution < -0.4 is 20.5 Å². The summed E-state index contributed by atoms with van der Waals surface area (Å²) in [6, 6.07) is 14.9. The molecular weight excluding hydrogens is 356 g/mol. The summed E-state index contributed by atoms with van der Waals surface area (Å²) in [7, 11) is 1.51. The van der Waals surface area contributed by atoms with Crippen molar-refractivity contribution in [2.24, 2.45) is 0 Å². The van der Waals surface area contributed by atoms with Crippen molar-refractivity contribution in [1.82, 2.24) is 15.0 Å². The van der Waals surface area contributed by atoms with Gasteiger partial charge in [0.15, 0.2) is 17.3 Å². The fourth-order valence-electron chi connectivity index (χ4n) is 2.63. The number of nitriles is 1. The number of ether oxygens (including phenoxy) is 2. The minimum atomic E-state index is 0.0685. The molecule has 0 spiro atoms. The van der Waals surface area contributed by atoms with Crippen LogP contribution in [0, 0.1) is 11.3 Å². The van der Waals surface area contributed by atoms with Gasteiger partial charge in [-0.2, -0.15) is 20.2 Å². The van der Waals surface area contributed by atoms with Crippen molar-refractivity contribution in [3.8, 4) is 17.6 Å². The summed E-state index contributed by atoms with van der Waals surface area (Å²) in [6.45, 7) is 2.14. The van der Waals surface area contributed by atoms with Crippen LogP contribution in [0.1, 0.15) is 23.9 Å². The third-order valence-electron chi connectivity index (χ3n) is 3.99. The predicted molar refractivity (Wildman–Crippen MR) is 105 cm³/mol. The number of aromatic nitrogens is 3. The second kappa shape index (κ2) is 8.68. The molecule has 8 nitrogen and oxygen atoms in total. The van der Waals surface area contributed by atoms with E-state index in [-0.39, 0.29) is 12.6 Å². The van der Waals surface area contributed by atoms with E-state index in [1.807, 2.05) is 24.3 Å². The Hall–Kier alpha value is -3.86. The van der Waals surface area contributed by atoms with Gasteiger partial charge >= 0.3 is 0 Å². The van der Waals surface area contributed by atoms with Crippen molar-refractivity contribution in [2.45, 2.75) is 20.0 Å². The van der Waals surface area contributed by atoms with Crippen molar-refractivity contribution < 1.29 is 9.47 Å². The number of nitrogens with zero attached hydrogens (tertiary/aromatic N) is 4. The molecule has 3 N–H and O–H groups in total. The smallest absolute Gasteiger partial charge is 0.232 e. The van der Waals surface area contributed by atoms with Crippen LogP contribution in [-0.4, -0.2) is 22.1 Å². The fourth-order valence-corrected chi connectivity index (χ4v) is 2.63. The van der Waals surface area contributed by atoms with Crippen LogP contribution in [-0.2, 0) is 13.0 Å². The first-order valence-electron chi connectivity index (χ1n) is 8.69. The molecule has 0 aliphatic heterocycles. The van der Waals surface area contributed by atoms with Crippen molar-refractivity contribution in [3.63, 3.8) is 0 Å². The predicted octanol–water partition coefficient (Wildman–Crippen LogP) is 3.22. The minimum absolute atomic E-state index is 0.0685. The number of nitrogens with one attached hydrogen (secondary N) is 1. The van der Waals surface area contributed by atoms with E-state index in [9.17, 15) is 0 Å². The number of nitrogens with two attached hydrogens (primary N) is 1. The lowest BCUT2D eigenvalue weighted by Crippen LogP contribution is -2.10. The summed E-state index contributed by atoms with van der Waals surface area (Å²) in [5.74, 6) is 1.74. The Morgan fingerprint density at radius 1 is 1.11 bits per heavy atom. The first kappa shape index (κ1) is 18.9. The van der Waals surface area contributed by atoms with Gasteiger partial charge in [-0.05, 0) is 30.2 Å². The van der Waals surface area contributed by atoms with Crippen LogP contribution in [0.2, 0.25) is 0 Å². The van der Waals surface area contributed by atoms with Crippen LogP contribution in [0.4, 0.5) is 17.6 Å². The highest BCUT2D eigenvalue weighted by molar-refractivity contribution is 5.58. The molecule has 0 saturated carbocycles. The Morgan fingerprint density at radius 2 is 1.93 bits per heavy atom. The van der Waals surface area contributed by atoms with Gasteiger partial charge in [0.25, 0.3) is 0 Å². The molecule has 0 amide bonds.